The SMILES string of the molecule is NC(CC(=O)NC1CCN(C(=O)CCc2ccccc2)C1)c1ccccc1. The molecule has 2 atom stereocenters. The van der Waals surface area contributed by atoms with Crippen LogP contribution in [-0.4, -0.2) is 35.8 Å². The van der Waals surface area contributed by atoms with Gasteiger partial charge < -0.3 is 16.0 Å². The summed E-state index contributed by atoms with van der Waals surface area (Å²) in [4.78, 5) is 26.5. The average Bonchev–Trinajstić information content (AvgIpc) is 3.16. The molecule has 0 aliphatic carbocycles. The summed E-state index contributed by atoms with van der Waals surface area (Å²) in [6, 6.07) is 19.4. The molecule has 2 unspecified atom stereocenters. The normalized spacial score (nSPS) is 17.5. The van der Waals surface area contributed by atoms with Crippen LogP contribution in [0.3, 0.4) is 0 Å². The van der Waals surface area contributed by atoms with Gasteiger partial charge >= 0.3 is 0 Å². The van der Waals surface area contributed by atoms with Gasteiger partial charge in [-0.05, 0) is 24.0 Å². The number of rotatable bonds is 7. The summed E-state index contributed by atoms with van der Waals surface area (Å²) in [5.41, 5.74) is 8.24. The van der Waals surface area contributed by atoms with Gasteiger partial charge in [-0.2, -0.15) is 0 Å². The van der Waals surface area contributed by atoms with E-state index in [1.54, 1.807) is 0 Å². The first-order chi connectivity index (χ1) is 13.1. The van der Waals surface area contributed by atoms with Gasteiger partial charge in [0.15, 0.2) is 0 Å². The van der Waals surface area contributed by atoms with Gasteiger partial charge in [0.05, 0.1) is 0 Å². The highest BCUT2D eigenvalue weighted by atomic mass is 16.2. The highest BCUT2D eigenvalue weighted by Crippen LogP contribution is 2.15. The molecule has 2 amide bonds. The summed E-state index contributed by atoms with van der Waals surface area (Å²) in [7, 11) is 0. The van der Waals surface area contributed by atoms with Gasteiger partial charge in [-0.3, -0.25) is 9.59 Å². The first kappa shape index (κ1) is 19.1. The van der Waals surface area contributed by atoms with E-state index in [0.717, 1.165) is 18.4 Å². The van der Waals surface area contributed by atoms with Crippen molar-refractivity contribution in [3.8, 4) is 0 Å². The van der Waals surface area contributed by atoms with E-state index in [4.69, 9.17) is 5.73 Å². The van der Waals surface area contributed by atoms with Gasteiger partial charge in [0.25, 0.3) is 0 Å². The van der Waals surface area contributed by atoms with E-state index in [1.165, 1.54) is 5.56 Å². The van der Waals surface area contributed by atoms with E-state index in [0.29, 0.717) is 19.5 Å². The lowest BCUT2D eigenvalue weighted by Gasteiger charge is -2.18. The third-order valence-corrected chi connectivity index (χ3v) is 5.01. The fourth-order valence-corrected chi connectivity index (χ4v) is 3.46. The van der Waals surface area contributed by atoms with E-state index < -0.39 is 0 Å². The summed E-state index contributed by atoms with van der Waals surface area (Å²) in [6.45, 7) is 1.28. The number of nitrogens with zero attached hydrogens (tertiary/aromatic N) is 1. The number of carbonyl (C=O) groups excluding carboxylic acids is 2. The van der Waals surface area contributed by atoms with Crippen LogP contribution in [0.1, 0.15) is 36.4 Å². The average molecular weight is 365 g/mol. The van der Waals surface area contributed by atoms with Crippen LogP contribution in [0.4, 0.5) is 0 Å². The Balaban J connectivity index is 1.41. The molecule has 142 valence electrons. The molecule has 27 heavy (non-hydrogen) atoms. The standard InChI is InChI=1S/C22H27N3O2/c23-20(18-9-5-2-6-10-18)15-21(26)24-19-13-14-25(16-19)22(27)12-11-17-7-3-1-4-8-17/h1-10,19-20H,11-16,23H2,(H,24,26). The highest BCUT2D eigenvalue weighted by Gasteiger charge is 2.27. The van der Waals surface area contributed by atoms with E-state index >= 15 is 0 Å². The molecule has 0 saturated carbocycles. The van der Waals surface area contributed by atoms with Crippen LogP contribution in [-0.2, 0) is 16.0 Å². The van der Waals surface area contributed by atoms with Crippen LogP contribution in [0.2, 0.25) is 0 Å². The molecule has 0 spiro atoms. The zero-order valence-electron chi connectivity index (χ0n) is 15.5. The van der Waals surface area contributed by atoms with Crippen molar-refractivity contribution in [3.63, 3.8) is 0 Å². The molecule has 0 radical (unpaired) electrons. The molecule has 0 aromatic heterocycles. The van der Waals surface area contributed by atoms with Gasteiger partial charge in [-0.15, -0.1) is 0 Å². The van der Waals surface area contributed by atoms with Crippen molar-refractivity contribution in [1.82, 2.24) is 10.2 Å². The van der Waals surface area contributed by atoms with Crippen LogP contribution in [0.15, 0.2) is 60.7 Å². The lowest BCUT2D eigenvalue weighted by atomic mass is 10.0. The maximum absolute atomic E-state index is 12.4. The van der Waals surface area contributed by atoms with Gasteiger partial charge in [-0.1, -0.05) is 60.7 Å². The monoisotopic (exact) mass is 365 g/mol. The summed E-state index contributed by atoms with van der Waals surface area (Å²) in [5.74, 6) is 0.0894. The van der Waals surface area contributed by atoms with Gasteiger partial charge in [0.2, 0.25) is 11.8 Å². The third kappa shape index (κ3) is 5.66. The second kappa shape index (κ2) is 9.33. The number of hydrogen-bond acceptors (Lipinski definition) is 3. The summed E-state index contributed by atoms with van der Waals surface area (Å²) in [5, 5.41) is 3.03. The van der Waals surface area contributed by atoms with Crippen molar-refractivity contribution in [2.45, 2.75) is 37.8 Å². The lowest BCUT2D eigenvalue weighted by Crippen LogP contribution is -2.39. The minimum absolute atomic E-state index is 0.0150. The Morgan fingerprint density at radius 3 is 2.44 bits per heavy atom. The topological polar surface area (TPSA) is 75.4 Å². The second-order valence-corrected chi connectivity index (χ2v) is 7.10. The number of hydrogen-bond donors (Lipinski definition) is 2. The quantitative estimate of drug-likeness (QED) is 0.791. The van der Waals surface area contributed by atoms with E-state index in [9.17, 15) is 9.59 Å². The van der Waals surface area contributed by atoms with Crippen LogP contribution >= 0.6 is 0 Å². The van der Waals surface area contributed by atoms with Gasteiger partial charge in [0.1, 0.15) is 0 Å². The molecule has 1 heterocycles. The Kier molecular flexibility index (Phi) is 6.60. The van der Waals surface area contributed by atoms with Crippen molar-refractivity contribution in [2.24, 2.45) is 5.73 Å². The Morgan fingerprint density at radius 1 is 1.07 bits per heavy atom. The third-order valence-electron chi connectivity index (χ3n) is 5.01. The van der Waals surface area contributed by atoms with E-state index in [2.05, 4.69) is 5.32 Å². The highest BCUT2D eigenvalue weighted by molar-refractivity contribution is 5.78. The van der Waals surface area contributed by atoms with Crippen LogP contribution in [0.25, 0.3) is 0 Å². The largest absolute Gasteiger partial charge is 0.351 e. The lowest BCUT2D eigenvalue weighted by molar-refractivity contribution is -0.130. The molecule has 1 saturated heterocycles. The number of nitrogens with two attached hydrogens (primary N) is 1. The van der Waals surface area contributed by atoms with Crippen LogP contribution < -0.4 is 11.1 Å². The van der Waals surface area contributed by atoms with E-state index in [1.807, 2.05) is 65.6 Å². The zero-order valence-corrected chi connectivity index (χ0v) is 15.5. The van der Waals surface area contributed by atoms with Crippen molar-refractivity contribution < 1.29 is 9.59 Å². The fourth-order valence-electron chi connectivity index (χ4n) is 3.46. The molecule has 2 aromatic carbocycles. The molecular formula is C22H27N3O2. The Labute approximate surface area is 160 Å². The molecule has 1 aliphatic rings. The number of amides is 2. The number of aryl methyl sites for hydroxylation is 1. The molecule has 5 heteroatoms. The van der Waals surface area contributed by atoms with Crippen molar-refractivity contribution in [1.29, 1.82) is 0 Å². The smallest absolute Gasteiger partial charge is 0.222 e. The molecule has 1 fully saturated rings. The van der Waals surface area contributed by atoms with Crippen molar-refractivity contribution >= 4 is 11.8 Å². The Bertz CT molecular complexity index is 749. The molecule has 3 rings (SSSR count). The molecule has 0 bridgehead atoms. The molecule has 3 N–H and O–H groups in total. The Hall–Kier alpha value is -2.66. The predicted molar refractivity (Wildman–Crippen MR) is 106 cm³/mol. The summed E-state index contributed by atoms with van der Waals surface area (Å²) < 4.78 is 0. The van der Waals surface area contributed by atoms with Crippen LogP contribution in [0, 0.1) is 0 Å². The zero-order chi connectivity index (χ0) is 19.1. The van der Waals surface area contributed by atoms with Crippen molar-refractivity contribution in [3.05, 3.63) is 71.8 Å². The Morgan fingerprint density at radius 2 is 1.74 bits per heavy atom. The number of nitrogens with one attached hydrogen (secondary N) is 1. The maximum Gasteiger partial charge on any atom is 0.222 e. The van der Waals surface area contributed by atoms with Gasteiger partial charge in [0, 0.05) is 38.0 Å². The number of benzene rings is 2. The first-order valence-electron chi connectivity index (χ1n) is 9.53. The van der Waals surface area contributed by atoms with Crippen LogP contribution in [0.5, 0.6) is 0 Å². The summed E-state index contributed by atoms with van der Waals surface area (Å²) in [6.07, 6.45) is 2.30. The maximum atomic E-state index is 12.4. The van der Waals surface area contributed by atoms with Crippen molar-refractivity contribution in [2.75, 3.05) is 13.1 Å². The van der Waals surface area contributed by atoms with Gasteiger partial charge in [-0.25, -0.2) is 0 Å². The minimum Gasteiger partial charge on any atom is -0.351 e. The number of carbonyl (C=O) groups is 2. The first-order valence-corrected chi connectivity index (χ1v) is 9.53. The summed E-state index contributed by atoms with van der Waals surface area (Å²) >= 11 is 0. The molecule has 5 nitrogen and oxygen atoms in total. The fraction of sp³-hybridized carbons (Fsp3) is 0.364. The number of likely N-dealkylation sites (tertiary alicyclic amines) is 1. The molecule has 2 aromatic rings. The van der Waals surface area contributed by atoms with E-state index in [-0.39, 0.29) is 30.3 Å². The predicted octanol–water partition coefficient (Wildman–Crippen LogP) is 2.43. The molecular weight excluding hydrogens is 338 g/mol. The minimum atomic E-state index is -0.309. The second-order valence-electron chi connectivity index (χ2n) is 7.10. The molecule has 1 aliphatic heterocycles.